The van der Waals surface area contributed by atoms with Crippen LogP contribution in [0.25, 0.3) is 0 Å². The molecule has 0 aliphatic carbocycles. The fourth-order valence-electron chi connectivity index (χ4n) is 1.07. The quantitative estimate of drug-likeness (QED) is 0.567. The van der Waals surface area contributed by atoms with Gasteiger partial charge >= 0.3 is 0 Å². The summed E-state index contributed by atoms with van der Waals surface area (Å²) >= 11 is 0. The molecule has 0 fully saturated rings. The SMILES string of the molecule is CO[C@@H]1CC=C(C)[C@H](OC)O1. The summed E-state index contributed by atoms with van der Waals surface area (Å²) in [5.74, 6) is 0. The molecule has 0 aromatic carbocycles. The van der Waals surface area contributed by atoms with E-state index in [0.29, 0.717) is 0 Å². The summed E-state index contributed by atoms with van der Waals surface area (Å²) in [7, 11) is 3.26. The maximum atomic E-state index is 5.38. The highest BCUT2D eigenvalue weighted by Gasteiger charge is 2.20. The van der Waals surface area contributed by atoms with E-state index in [9.17, 15) is 0 Å². The Kier molecular flexibility index (Phi) is 3.05. The van der Waals surface area contributed by atoms with Crippen LogP contribution in [0.5, 0.6) is 0 Å². The van der Waals surface area contributed by atoms with Crippen LogP contribution in [0.3, 0.4) is 0 Å². The van der Waals surface area contributed by atoms with Gasteiger partial charge in [0, 0.05) is 20.6 Å². The van der Waals surface area contributed by atoms with E-state index in [1.54, 1.807) is 14.2 Å². The third kappa shape index (κ3) is 2.02. The zero-order valence-electron chi connectivity index (χ0n) is 7.16. The molecule has 0 aromatic heterocycles. The molecule has 0 amide bonds. The van der Waals surface area contributed by atoms with Crippen LogP contribution < -0.4 is 0 Å². The summed E-state index contributed by atoms with van der Waals surface area (Å²) < 4.78 is 15.5. The summed E-state index contributed by atoms with van der Waals surface area (Å²) in [6, 6.07) is 0. The van der Waals surface area contributed by atoms with Crippen LogP contribution in [0.2, 0.25) is 0 Å². The molecule has 0 N–H and O–H groups in total. The van der Waals surface area contributed by atoms with E-state index in [1.807, 2.05) is 6.92 Å². The fraction of sp³-hybridized carbons (Fsp3) is 0.750. The molecule has 11 heavy (non-hydrogen) atoms. The van der Waals surface area contributed by atoms with Crippen molar-refractivity contribution in [1.82, 2.24) is 0 Å². The van der Waals surface area contributed by atoms with Crippen LogP contribution in [-0.2, 0) is 14.2 Å². The van der Waals surface area contributed by atoms with Crippen LogP contribution in [0.4, 0.5) is 0 Å². The largest absolute Gasteiger partial charge is 0.355 e. The molecule has 1 aliphatic rings. The maximum Gasteiger partial charge on any atom is 0.182 e. The lowest BCUT2D eigenvalue weighted by Crippen LogP contribution is -2.29. The smallest absolute Gasteiger partial charge is 0.182 e. The van der Waals surface area contributed by atoms with Gasteiger partial charge in [-0.05, 0) is 12.5 Å². The predicted octanol–water partition coefficient (Wildman–Crippen LogP) is 1.30. The molecule has 0 spiro atoms. The predicted molar refractivity (Wildman–Crippen MR) is 41.1 cm³/mol. The van der Waals surface area contributed by atoms with Gasteiger partial charge in [0.25, 0.3) is 0 Å². The monoisotopic (exact) mass is 158 g/mol. The third-order valence-electron chi connectivity index (χ3n) is 1.76. The lowest BCUT2D eigenvalue weighted by atomic mass is 10.2. The van der Waals surface area contributed by atoms with Gasteiger partial charge in [0.1, 0.15) is 0 Å². The van der Waals surface area contributed by atoms with Gasteiger partial charge in [-0.3, -0.25) is 0 Å². The Labute approximate surface area is 66.9 Å². The Hall–Kier alpha value is -0.380. The fourth-order valence-corrected chi connectivity index (χ4v) is 1.07. The van der Waals surface area contributed by atoms with E-state index in [2.05, 4.69) is 6.08 Å². The molecule has 0 radical (unpaired) electrons. The average Bonchev–Trinajstić information content (AvgIpc) is 2.05. The molecule has 64 valence electrons. The molecule has 0 saturated heterocycles. The van der Waals surface area contributed by atoms with Crippen molar-refractivity contribution >= 4 is 0 Å². The van der Waals surface area contributed by atoms with Gasteiger partial charge in [0.05, 0.1) is 0 Å². The summed E-state index contributed by atoms with van der Waals surface area (Å²) in [4.78, 5) is 0. The second kappa shape index (κ2) is 3.85. The van der Waals surface area contributed by atoms with Crippen LogP contribution in [0, 0.1) is 0 Å². The molecule has 3 nitrogen and oxygen atoms in total. The Morgan fingerprint density at radius 1 is 1.45 bits per heavy atom. The first-order valence-electron chi connectivity index (χ1n) is 3.65. The van der Waals surface area contributed by atoms with Crippen molar-refractivity contribution in [2.75, 3.05) is 14.2 Å². The summed E-state index contributed by atoms with van der Waals surface area (Å²) in [5.41, 5.74) is 1.11. The van der Waals surface area contributed by atoms with Gasteiger partial charge in [0.2, 0.25) is 0 Å². The first-order valence-corrected chi connectivity index (χ1v) is 3.65. The molecule has 0 bridgehead atoms. The van der Waals surface area contributed by atoms with E-state index in [-0.39, 0.29) is 12.6 Å². The standard InChI is InChI=1S/C8H14O3/c1-6-4-5-7(9-2)11-8(6)10-3/h4,7-8H,5H2,1-3H3/t7-,8+/m0/s1. The molecule has 1 aliphatic heterocycles. The van der Waals surface area contributed by atoms with Crippen LogP contribution in [-0.4, -0.2) is 26.8 Å². The second-order valence-electron chi connectivity index (χ2n) is 2.55. The third-order valence-corrected chi connectivity index (χ3v) is 1.76. The molecule has 1 rings (SSSR count). The normalized spacial score (nSPS) is 31.7. The minimum Gasteiger partial charge on any atom is -0.355 e. The van der Waals surface area contributed by atoms with Gasteiger partial charge in [-0.15, -0.1) is 0 Å². The Balaban J connectivity index is 2.53. The van der Waals surface area contributed by atoms with E-state index in [0.717, 1.165) is 12.0 Å². The van der Waals surface area contributed by atoms with Gasteiger partial charge in [-0.25, -0.2) is 0 Å². The van der Waals surface area contributed by atoms with E-state index in [4.69, 9.17) is 14.2 Å². The number of methoxy groups -OCH3 is 2. The van der Waals surface area contributed by atoms with Gasteiger partial charge < -0.3 is 14.2 Å². The first kappa shape index (κ1) is 8.71. The molecular formula is C8H14O3. The highest BCUT2D eigenvalue weighted by molar-refractivity contribution is 5.04. The summed E-state index contributed by atoms with van der Waals surface area (Å²) in [6.07, 6.45) is 2.51. The molecule has 3 heteroatoms. The van der Waals surface area contributed by atoms with Gasteiger partial charge in [0.15, 0.2) is 12.6 Å². The van der Waals surface area contributed by atoms with Crippen molar-refractivity contribution in [3.8, 4) is 0 Å². The molecule has 0 saturated carbocycles. The highest BCUT2D eigenvalue weighted by Crippen LogP contribution is 2.19. The Bertz CT molecular complexity index is 153. The molecule has 0 aromatic rings. The average molecular weight is 158 g/mol. The Morgan fingerprint density at radius 2 is 2.18 bits per heavy atom. The maximum absolute atomic E-state index is 5.38. The second-order valence-corrected chi connectivity index (χ2v) is 2.55. The number of ether oxygens (including phenoxy) is 3. The van der Waals surface area contributed by atoms with E-state index < -0.39 is 0 Å². The zero-order chi connectivity index (χ0) is 8.27. The minimum absolute atomic E-state index is 0.149. The highest BCUT2D eigenvalue weighted by atomic mass is 16.8. The van der Waals surface area contributed by atoms with Crippen molar-refractivity contribution in [2.24, 2.45) is 0 Å². The Morgan fingerprint density at radius 3 is 2.73 bits per heavy atom. The van der Waals surface area contributed by atoms with Crippen molar-refractivity contribution in [3.05, 3.63) is 11.6 Å². The number of rotatable bonds is 2. The topological polar surface area (TPSA) is 27.7 Å². The molecule has 1 heterocycles. The number of hydrogen-bond donors (Lipinski definition) is 0. The van der Waals surface area contributed by atoms with Gasteiger partial charge in [-0.2, -0.15) is 0 Å². The first-order chi connectivity index (χ1) is 5.27. The lowest BCUT2D eigenvalue weighted by molar-refractivity contribution is -0.219. The van der Waals surface area contributed by atoms with Crippen LogP contribution >= 0.6 is 0 Å². The van der Waals surface area contributed by atoms with Crippen molar-refractivity contribution in [3.63, 3.8) is 0 Å². The van der Waals surface area contributed by atoms with Crippen LogP contribution in [0.15, 0.2) is 11.6 Å². The van der Waals surface area contributed by atoms with E-state index >= 15 is 0 Å². The van der Waals surface area contributed by atoms with Crippen molar-refractivity contribution in [1.29, 1.82) is 0 Å². The summed E-state index contributed by atoms with van der Waals surface area (Å²) in [5, 5.41) is 0. The van der Waals surface area contributed by atoms with Crippen LogP contribution in [0.1, 0.15) is 13.3 Å². The number of hydrogen-bond acceptors (Lipinski definition) is 3. The minimum atomic E-state index is -0.228. The molecule has 0 unspecified atom stereocenters. The van der Waals surface area contributed by atoms with Crippen molar-refractivity contribution in [2.45, 2.75) is 25.9 Å². The van der Waals surface area contributed by atoms with Gasteiger partial charge in [-0.1, -0.05) is 6.08 Å². The summed E-state index contributed by atoms with van der Waals surface area (Å²) in [6.45, 7) is 1.99. The lowest BCUT2D eigenvalue weighted by Gasteiger charge is -2.26. The molecule has 2 atom stereocenters. The molecular weight excluding hydrogens is 144 g/mol. The van der Waals surface area contributed by atoms with E-state index in [1.165, 1.54) is 0 Å². The zero-order valence-corrected chi connectivity index (χ0v) is 7.16. The van der Waals surface area contributed by atoms with Crippen molar-refractivity contribution < 1.29 is 14.2 Å².